The molecule has 0 aliphatic rings. The molecule has 1 aromatic rings. The lowest BCUT2D eigenvalue weighted by Gasteiger charge is -2.19. The van der Waals surface area contributed by atoms with Gasteiger partial charge in [0.05, 0.1) is 17.6 Å². The third kappa shape index (κ3) is 6.39. The molecule has 0 atom stereocenters. The number of hydrogen-bond donors (Lipinski definition) is 1. The van der Waals surface area contributed by atoms with Gasteiger partial charge in [-0.25, -0.2) is 14.0 Å². The van der Waals surface area contributed by atoms with Crippen LogP contribution in [-0.2, 0) is 9.47 Å². The predicted octanol–water partition coefficient (Wildman–Crippen LogP) is 2.79. The summed E-state index contributed by atoms with van der Waals surface area (Å²) < 4.78 is 23.4. The summed E-state index contributed by atoms with van der Waals surface area (Å²) in [5.74, 6) is 3.13. The Morgan fingerprint density at radius 3 is 2.54 bits per heavy atom. The average Bonchev–Trinajstić information content (AvgIpc) is 2.52. The van der Waals surface area contributed by atoms with Crippen molar-refractivity contribution in [2.24, 2.45) is 0 Å². The smallest absolute Gasteiger partial charge is 0.407 e. The number of methoxy groups -OCH3 is 1. The zero-order chi connectivity index (χ0) is 19.9. The van der Waals surface area contributed by atoms with Crippen molar-refractivity contribution in [2.45, 2.75) is 32.8 Å². The Balaban J connectivity index is 2.81. The van der Waals surface area contributed by atoms with Crippen LogP contribution >= 0.6 is 0 Å². The second-order valence-electron chi connectivity index (χ2n) is 6.08. The molecule has 0 saturated carbocycles. The number of carbonyl (C=O) groups is 2. The Hall–Kier alpha value is -3.15. The number of ether oxygens (including phenoxy) is 2. The van der Waals surface area contributed by atoms with Gasteiger partial charge in [0.2, 0.25) is 0 Å². The largest absolute Gasteiger partial charge is 0.465 e. The standard InChI is InChI=1S/C17H19FN2O6/c1-17(2,3)26-16(22)19-8-6-5-7-11-9-14(20(23)24)12(10-13(11)18)15(21)25-4/h9-10H,6,8H2,1-4H3,(H,19,22). The lowest BCUT2D eigenvalue weighted by Crippen LogP contribution is -2.32. The van der Waals surface area contributed by atoms with Gasteiger partial charge in [-0.15, -0.1) is 0 Å². The molecule has 0 aliphatic carbocycles. The topological polar surface area (TPSA) is 108 Å². The first-order valence-corrected chi connectivity index (χ1v) is 7.57. The Labute approximate surface area is 149 Å². The minimum Gasteiger partial charge on any atom is -0.465 e. The fourth-order valence-electron chi connectivity index (χ4n) is 1.78. The predicted molar refractivity (Wildman–Crippen MR) is 90.1 cm³/mol. The van der Waals surface area contributed by atoms with Crippen molar-refractivity contribution < 1.29 is 28.4 Å². The number of nitro groups is 1. The van der Waals surface area contributed by atoms with Gasteiger partial charge in [-0.1, -0.05) is 11.8 Å². The van der Waals surface area contributed by atoms with Crippen molar-refractivity contribution in [1.29, 1.82) is 0 Å². The molecule has 1 amide bonds. The second kappa shape index (κ2) is 8.80. The van der Waals surface area contributed by atoms with Crippen LogP contribution in [0.3, 0.4) is 0 Å². The molecule has 140 valence electrons. The molecule has 1 N–H and O–H groups in total. The Bertz CT molecular complexity index is 774. The zero-order valence-corrected chi connectivity index (χ0v) is 14.8. The van der Waals surface area contributed by atoms with Crippen LogP contribution in [0.2, 0.25) is 0 Å². The maximum Gasteiger partial charge on any atom is 0.407 e. The fourth-order valence-corrected chi connectivity index (χ4v) is 1.78. The second-order valence-corrected chi connectivity index (χ2v) is 6.08. The van der Waals surface area contributed by atoms with Crippen molar-refractivity contribution >= 4 is 17.7 Å². The first-order valence-electron chi connectivity index (χ1n) is 7.57. The van der Waals surface area contributed by atoms with E-state index < -0.39 is 39.7 Å². The summed E-state index contributed by atoms with van der Waals surface area (Å²) in [6, 6.07) is 1.59. The number of nitrogens with one attached hydrogen (secondary N) is 1. The van der Waals surface area contributed by atoms with Gasteiger partial charge in [0.15, 0.2) is 0 Å². The highest BCUT2D eigenvalue weighted by atomic mass is 19.1. The Kier molecular flexibility index (Phi) is 7.07. The van der Waals surface area contributed by atoms with E-state index in [4.69, 9.17) is 4.74 Å². The highest BCUT2D eigenvalue weighted by Crippen LogP contribution is 2.23. The quantitative estimate of drug-likeness (QED) is 0.289. The van der Waals surface area contributed by atoms with E-state index in [1.807, 2.05) is 0 Å². The molecule has 0 heterocycles. The van der Waals surface area contributed by atoms with Gasteiger partial charge in [-0.05, 0) is 26.8 Å². The van der Waals surface area contributed by atoms with E-state index in [2.05, 4.69) is 21.9 Å². The third-order valence-electron chi connectivity index (χ3n) is 2.83. The Morgan fingerprint density at radius 2 is 2.00 bits per heavy atom. The molecule has 9 heteroatoms. The van der Waals surface area contributed by atoms with Crippen LogP contribution < -0.4 is 5.32 Å². The van der Waals surface area contributed by atoms with Crippen LogP contribution in [0.1, 0.15) is 43.1 Å². The maximum atomic E-state index is 14.0. The summed E-state index contributed by atoms with van der Waals surface area (Å²) in [6.45, 7) is 5.33. The van der Waals surface area contributed by atoms with Gasteiger partial charge in [0.1, 0.15) is 17.0 Å². The number of nitro benzene ring substituents is 1. The van der Waals surface area contributed by atoms with E-state index >= 15 is 0 Å². The number of carbonyl (C=O) groups excluding carboxylic acids is 2. The van der Waals surface area contributed by atoms with E-state index in [0.717, 1.165) is 13.2 Å². The van der Waals surface area contributed by atoms with Crippen molar-refractivity contribution in [3.63, 3.8) is 0 Å². The monoisotopic (exact) mass is 366 g/mol. The molecule has 8 nitrogen and oxygen atoms in total. The first kappa shape index (κ1) is 20.9. The third-order valence-corrected chi connectivity index (χ3v) is 2.83. The number of amides is 1. The van der Waals surface area contributed by atoms with Gasteiger partial charge >= 0.3 is 12.1 Å². The van der Waals surface area contributed by atoms with Crippen LogP contribution in [0, 0.1) is 27.8 Å². The van der Waals surface area contributed by atoms with Crippen molar-refractivity contribution in [2.75, 3.05) is 13.7 Å². The molecule has 1 rings (SSSR count). The van der Waals surface area contributed by atoms with Gasteiger partial charge in [0.25, 0.3) is 5.69 Å². The van der Waals surface area contributed by atoms with Crippen molar-refractivity contribution in [1.82, 2.24) is 5.32 Å². The van der Waals surface area contributed by atoms with Crippen LogP contribution in [-0.4, -0.2) is 36.2 Å². The van der Waals surface area contributed by atoms with E-state index in [1.54, 1.807) is 20.8 Å². The van der Waals surface area contributed by atoms with Crippen LogP contribution in [0.25, 0.3) is 0 Å². The van der Waals surface area contributed by atoms with Crippen LogP contribution in [0.15, 0.2) is 12.1 Å². The molecule has 0 aliphatic heterocycles. The number of halogens is 1. The van der Waals surface area contributed by atoms with Gasteiger partial charge < -0.3 is 14.8 Å². The van der Waals surface area contributed by atoms with Gasteiger partial charge in [0, 0.05) is 19.0 Å². The summed E-state index contributed by atoms with van der Waals surface area (Å²) in [4.78, 5) is 33.1. The van der Waals surface area contributed by atoms with Crippen LogP contribution in [0.5, 0.6) is 0 Å². The molecule has 0 saturated heterocycles. The highest BCUT2D eigenvalue weighted by molar-refractivity contribution is 5.94. The molecule has 0 bridgehead atoms. The molecule has 1 aromatic carbocycles. The molecular weight excluding hydrogens is 347 g/mol. The number of benzene rings is 1. The fraction of sp³-hybridized carbons (Fsp3) is 0.412. The van der Waals surface area contributed by atoms with Crippen LogP contribution in [0.4, 0.5) is 14.9 Å². The minimum atomic E-state index is -1.02. The number of hydrogen-bond acceptors (Lipinski definition) is 6. The summed E-state index contributed by atoms with van der Waals surface area (Å²) in [5.41, 5.74) is -1.96. The molecule has 0 fully saturated rings. The summed E-state index contributed by atoms with van der Waals surface area (Å²) in [6.07, 6.45) is -0.436. The molecule has 0 unspecified atom stereocenters. The SMILES string of the molecule is COC(=O)c1cc(F)c(C#CCCNC(=O)OC(C)(C)C)cc1[N+](=O)[O-]. The molecule has 26 heavy (non-hydrogen) atoms. The molecular formula is C17H19FN2O6. The first-order chi connectivity index (χ1) is 12.0. The highest BCUT2D eigenvalue weighted by Gasteiger charge is 2.23. The van der Waals surface area contributed by atoms with E-state index in [0.29, 0.717) is 6.07 Å². The Morgan fingerprint density at radius 1 is 1.35 bits per heavy atom. The summed E-state index contributed by atoms with van der Waals surface area (Å²) in [7, 11) is 1.04. The van der Waals surface area contributed by atoms with E-state index in [9.17, 15) is 24.1 Å². The molecule has 0 radical (unpaired) electrons. The zero-order valence-electron chi connectivity index (χ0n) is 14.8. The average molecular weight is 366 g/mol. The number of rotatable bonds is 4. The summed E-state index contributed by atoms with van der Waals surface area (Å²) in [5, 5.41) is 13.5. The minimum absolute atomic E-state index is 0.159. The lowest BCUT2D eigenvalue weighted by atomic mass is 10.1. The van der Waals surface area contributed by atoms with E-state index in [1.165, 1.54) is 0 Å². The molecule has 0 spiro atoms. The van der Waals surface area contributed by atoms with E-state index in [-0.39, 0.29) is 18.5 Å². The van der Waals surface area contributed by atoms with Crippen molar-refractivity contribution in [3.05, 3.63) is 39.2 Å². The normalized spacial score (nSPS) is 10.3. The summed E-state index contributed by atoms with van der Waals surface area (Å²) >= 11 is 0. The number of nitrogens with zero attached hydrogens (tertiary/aromatic N) is 1. The maximum absolute atomic E-state index is 14.0. The number of alkyl carbamates (subject to hydrolysis) is 1. The lowest BCUT2D eigenvalue weighted by molar-refractivity contribution is -0.385. The van der Waals surface area contributed by atoms with Gasteiger partial charge in [-0.2, -0.15) is 0 Å². The number of esters is 1. The van der Waals surface area contributed by atoms with Gasteiger partial charge in [-0.3, -0.25) is 10.1 Å². The van der Waals surface area contributed by atoms with Crippen molar-refractivity contribution in [3.8, 4) is 11.8 Å². The molecule has 0 aromatic heterocycles.